The Morgan fingerprint density at radius 2 is 1.91 bits per heavy atom. The van der Waals surface area contributed by atoms with Crippen LogP contribution in [0.25, 0.3) is 0 Å². The molecule has 0 aliphatic rings. The van der Waals surface area contributed by atoms with Crippen molar-refractivity contribution in [1.82, 2.24) is 5.32 Å². The summed E-state index contributed by atoms with van der Waals surface area (Å²) in [6.07, 6.45) is -0.547. The number of hydrogen-bond acceptors (Lipinski definition) is 3. The lowest BCUT2D eigenvalue weighted by molar-refractivity contribution is 0.183. The van der Waals surface area contributed by atoms with E-state index in [9.17, 15) is 9.90 Å². The highest BCUT2D eigenvalue weighted by Gasteiger charge is 2.10. The number of amides is 2. The monoisotopic (exact) mass is 320 g/mol. The van der Waals surface area contributed by atoms with Gasteiger partial charge in [-0.05, 0) is 55.8 Å². The van der Waals surface area contributed by atoms with Gasteiger partial charge in [0.25, 0.3) is 0 Å². The maximum atomic E-state index is 11.9. The Morgan fingerprint density at radius 3 is 2.55 bits per heavy atom. The van der Waals surface area contributed by atoms with Crippen LogP contribution in [-0.4, -0.2) is 17.4 Å². The number of ether oxygens (including phenoxy) is 1. The van der Waals surface area contributed by atoms with Crippen molar-refractivity contribution >= 4 is 23.3 Å². The Kier molecular flexibility index (Phi) is 5.12. The van der Waals surface area contributed by atoms with Crippen molar-refractivity contribution < 1.29 is 14.6 Å². The van der Waals surface area contributed by atoms with Crippen molar-refractivity contribution in [1.29, 1.82) is 0 Å². The van der Waals surface area contributed by atoms with Gasteiger partial charge in [-0.3, -0.25) is 0 Å². The van der Waals surface area contributed by atoms with Crippen LogP contribution in [0.3, 0.4) is 0 Å². The molecule has 6 heteroatoms. The average Bonchev–Trinajstić information content (AvgIpc) is 2.44. The van der Waals surface area contributed by atoms with Crippen LogP contribution in [0.4, 0.5) is 10.5 Å². The fraction of sp³-hybridized carbons (Fsp3) is 0.188. The van der Waals surface area contributed by atoms with E-state index in [1.807, 2.05) is 6.92 Å². The lowest BCUT2D eigenvalue weighted by atomic mass is 10.2. The molecule has 2 aromatic carbocycles. The van der Waals surface area contributed by atoms with Gasteiger partial charge in [0.1, 0.15) is 11.5 Å². The number of hydrogen-bond donors (Lipinski definition) is 3. The first-order chi connectivity index (χ1) is 10.4. The topological polar surface area (TPSA) is 70.6 Å². The van der Waals surface area contributed by atoms with Gasteiger partial charge in [0, 0.05) is 5.02 Å². The van der Waals surface area contributed by atoms with E-state index in [1.54, 1.807) is 49.4 Å². The van der Waals surface area contributed by atoms with E-state index in [2.05, 4.69) is 10.6 Å². The summed E-state index contributed by atoms with van der Waals surface area (Å²) in [5.41, 5.74) is 1.24. The number of urea groups is 1. The molecule has 0 heterocycles. The molecule has 3 N–H and O–H groups in total. The quantitative estimate of drug-likeness (QED) is 0.591. The van der Waals surface area contributed by atoms with E-state index in [0.29, 0.717) is 16.5 Å². The summed E-state index contributed by atoms with van der Waals surface area (Å²) in [5.74, 6) is 0.608. The number of benzene rings is 2. The molecular formula is C16H17ClN2O3. The van der Waals surface area contributed by atoms with E-state index < -0.39 is 12.3 Å². The van der Waals surface area contributed by atoms with Gasteiger partial charge < -0.3 is 20.5 Å². The molecule has 0 saturated heterocycles. The molecule has 116 valence electrons. The molecule has 0 fully saturated rings. The molecule has 2 amide bonds. The molecular weight excluding hydrogens is 304 g/mol. The SMILES string of the molecule is Cc1ccc(NC(=O)NC(C)Oc2ccc(Cl)cc2)c(O)c1. The molecule has 0 aromatic heterocycles. The Labute approximate surface area is 133 Å². The van der Waals surface area contributed by atoms with Crippen molar-refractivity contribution in [2.75, 3.05) is 5.32 Å². The van der Waals surface area contributed by atoms with Crippen LogP contribution in [0.15, 0.2) is 42.5 Å². The number of phenols is 1. The maximum absolute atomic E-state index is 11.9. The molecule has 0 spiro atoms. The van der Waals surface area contributed by atoms with E-state index in [1.165, 1.54) is 0 Å². The third-order valence-corrected chi connectivity index (χ3v) is 3.11. The molecule has 0 aliphatic heterocycles. The third-order valence-electron chi connectivity index (χ3n) is 2.86. The predicted octanol–water partition coefficient (Wildman–Crippen LogP) is 3.90. The number of nitrogens with one attached hydrogen (secondary N) is 2. The Hall–Kier alpha value is -2.40. The zero-order chi connectivity index (χ0) is 16.1. The van der Waals surface area contributed by atoms with Crippen LogP contribution in [0.5, 0.6) is 11.5 Å². The third kappa shape index (κ3) is 4.56. The number of carbonyl (C=O) groups excluding carboxylic acids is 1. The van der Waals surface area contributed by atoms with Gasteiger partial charge in [-0.1, -0.05) is 17.7 Å². The van der Waals surface area contributed by atoms with Crippen LogP contribution in [0.1, 0.15) is 12.5 Å². The molecule has 0 radical (unpaired) electrons. The second-order valence-corrected chi connectivity index (χ2v) is 5.27. The number of phenolic OH excluding ortho intramolecular Hbond substituents is 1. The van der Waals surface area contributed by atoms with Crippen LogP contribution in [-0.2, 0) is 0 Å². The van der Waals surface area contributed by atoms with Crippen molar-refractivity contribution in [3.05, 3.63) is 53.1 Å². The lowest BCUT2D eigenvalue weighted by Crippen LogP contribution is -2.39. The second kappa shape index (κ2) is 7.04. The minimum Gasteiger partial charge on any atom is -0.506 e. The van der Waals surface area contributed by atoms with Gasteiger partial charge in [0.15, 0.2) is 6.23 Å². The molecule has 0 saturated carbocycles. The largest absolute Gasteiger partial charge is 0.506 e. The van der Waals surface area contributed by atoms with Crippen molar-refractivity contribution in [3.63, 3.8) is 0 Å². The van der Waals surface area contributed by atoms with Crippen LogP contribution in [0, 0.1) is 6.92 Å². The van der Waals surface area contributed by atoms with E-state index >= 15 is 0 Å². The van der Waals surface area contributed by atoms with Crippen molar-refractivity contribution in [2.24, 2.45) is 0 Å². The fourth-order valence-corrected chi connectivity index (χ4v) is 1.96. The molecule has 5 nitrogen and oxygen atoms in total. The standard InChI is InChI=1S/C16H17ClN2O3/c1-10-3-8-14(15(20)9-10)19-16(21)18-11(2)22-13-6-4-12(17)5-7-13/h3-9,11,20H,1-2H3,(H2,18,19,21). The first-order valence-corrected chi connectivity index (χ1v) is 7.11. The first kappa shape index (κ1) is 16.0. The highest BCUT2D eigenvalue weighted by molar-refractivity contribution is 6.30. The van der Waals surface area contributed by atoms with E-state index in [0.717, 1.165) is 5.56 Å². The summed E-state index contributed by atoms with van der Waals surface area (Å²) in [6, 6.07) is 11.4. The van der Waals surface area contributed by atoms with Crippen LogP contribution >= 0.6 is 11.6 Å². The Bertz CT molecular complexity index is 659. The Balaban J connectivity index is 1.89. The van der Waals surface area contributed by atoms with Gasteiger partial charge in [0.2, 0.25) is 0 Å². The summed E-state index contributed by atoms with van der Waals surface area (Å²) >= 11 is 5.79. The maximum Gasteiger partial charge on any atom is 0.322 e. The minimum absolute atomic E-state index is 0.0152. The fourth-order valence-electron chi connectivity index (χ4n) is 1.84. The first-order valence-electron chi connectivity index (χ1n) is 6.73. The zero-order valence-electron chi connectivity index (χ0n) is 12.3. The average molecular weight is 321 g/mol. The lowest BCUT2D eigenvalue weighted by Gasteiger charge is -2.17. The van der Waals surface area contributed by atoms with Crippen LogP contribution < -0.4 is 15.4 Å². The zero-order valence-corrected chi connectivity index (χ0v) is 13.0. The normalized spacial score (nSPS) is 11.6. The van der Waals surface area contributed by atoms with Gasteiger partial charge in [-0.2, -0.15) is 0 Å². The summed E-state index contributed by atoms with van der Waals surface area (Å²) in [6.45, 7) is 3.55. The highest BCUT2D eigenvalue weighted by Crippen LogP contribution is 2.23. The number of halogens is 1. The minimum atomic E-state index is -0.547. The number of aryl methyl sites for hydroxylation is 1. The highest BCUT2D eigenvalue weighted by atomic mass is 35.5. The van der Waals surface area contributed by atoms with Gasteiger partial charge in [0.05, 0.1) is 5.69 Å². The second-order valence-electron chi connectivity index (χ2n) is 4.83. The smallest absolute Gasteiger partial charge is 0.322 e. The molecule has 2 rings (SSSR count). The summed E-state index contributed by atoms with van der Waals surface area (Å²) < 4.78 is 5.53. The molecule has 1 atom stereocenters. The summed E-state index contributed by atoms with van der Waals surface area (Å²) in [5, 5.41) is 15.5. The number of carbonyl (C=O) groups is 1. The van der Waals surface area contributed by atoms with Crippen molar-refractivity contribution in [2.45, 2.75) is 20.1 Å². The molecule has 1 unspecified atom stereocenters. The van der Waals surface area contributed by atoms with E-state index in [4.69, 9.17) is 16.3 Å². The molecule has 0 bridgehead atoms. The molecule has 2 aromatic rings. The number of aromatic hydroxyl groups is 1. The van der Waals surface area contributed by atoms with E-state index in [-0.39, 0.29) is 5.75 Å². The van der Waals surface area contributed by atoms with Gasteiger partial charge in [-0.25, -0.2) is 4.79 Å². The summed E-state index contributed by atoms with van der Waals surface area (Å²) in [7, 11) is 0. The van der Waals surface area contributed by atoms with Gasteiger partial charge in [-0.15, -0.1) is 0 Å². The van der Waals surface area contributed by atoms with Crippen molar-refractivity contribution in [3.8, 4) is 11.5 Å². The molecule has 0 aliphatic carbocycles. The predicted molar refractivity (Wildman–Crippen MR) is 86.5 cm³/mol. The van der Waals surface area contributed by atoms with Gasteiger partial charge >= 0.3 is 6.03 Å². The summed E-state index contributed by atoms with van der Waals surface area (Å²) in [4.78, 5) is 11.9. The Morgan fingerprint density at radius 1 is 1.23 bits per heavy atom. The van der Waals surface area contributed by atoms with Crippen LogP contribution in [0.2, 0.25) is 5.02 Å². The number of rotatable bonds is 4. The number of anilines is 1. The molecule has 22 heavy (non-hydrogen) atoms.